The van der Waals surface area contributed by atoms with Gasteiger partial charge in [-0.25, -0.2) is 4.79 Å². The second-order valence-corrected chi connectivity index (χ2v) is 4.66. The van der Waals surface area contributed by atoms with E-state index in [0.29, 0.717) is 13.0 Å². The molecule has 0 aromatic heterocycles. The van der Waals surface area contributed by atoms with Gasteiger partial charge in [0.25, 0.3) is 0 Å². The Bertz CT molecular complexity index is 367. The van der Waals surface area contributed by atoms with E-state index >= 15 is 0 Å². The molecular formula is C12H17BrN2O2. The zero-order chi connectivity index (χ0) is 12.7. The van der Waals surface area contributed by atoms with Crippen LogP contribution in [-0.2, 0) is 6.54 Å². The first-order chi connectivity index (χ1) is 8.15. The van der Waals surface area contributed by atoms with Gasteiger partial charge < -0.3 is 15.7 Å². The van der Waals surface area contributed by atoms with Gasteiger partial charge in [0.05, 0.1) is 12.6 Å². The van der Waals surface area contributed by atoms with Crippen molar-refractivity contribution in [1.29, 1.82) is 0 Å². The predicted molar refractivity (Wildman–Crippen MR) is 70.7 cm³/mol. The van der Waals surface area contributed by atoms with Gasteiger partial charge in [0.1, 0.15) is 0 Å². The Balaban J connectivity index is 2.38. The van der Waals surface area contributed by atoms with Crippen molar-refractivity contribution in [1.82, 2.24) is 10.6 Å². The Hall–Kier alpha value is -1.07. The van der Waals surface area contributed by atoms with Crippen LogP contribution in [0.5, 0.6) is 0 Å². The summed E-state index contributed by atoms with van der Waals surface area (Å²) in [6, 6.07) is 7.30. The van der Waals surface area contributed by atoms with Crippen LogP contribution in [0.1, 0.15) is 18.9 Å². The van der Waals surface area contributed by atoms with Crippen molar-refractivity contribution in [3.63, 3.8) is 0 Å². The zero-order valence-corrected chi connectivity index (χ0v) is 11.3. The van der Waals surface area contributed by atoms with Crippen LogP contribution in [-0.4, -0.2) is 23.8 Å². The minimum atomic E-state index is -0.258. The summed E-state index contributed by atoms with van der Waals surface area (Å²) in [5.74, 6) is 0. The number of nitrogens with one attached hydrogen (secondary N) is 2. The summed E-state index contributed by atoms with van der Waals surface area (Å²) in [5.41, 5.74) is 1.02. The van der Waals surface area contributed by atoms with Gasteiger partial charge in [-0.15, -0.1) is 0 Å². The number of hydrogen-bond donors (Lipinski definition) is 3. The molecule has 4 nitrogen and oxygen atoms in total. The molecule has 0 fully saturated rings. The molecule has 1 aromatic rings. The van der Waals surface area contributed by atoms with Crippen LogP contribution in [0.3, 0.4) is 0 Å². The fourth-order valence-corrected chi connectivity index (χ4v) is 1.79. The van der Waals surface area contributed by atoms with Crippen molar-refractivity contribution >= 4 is 22.0 Å². The SMILES string of the molecule is CCC(CO)NC(=O)NCc1cccc(Br)c1. The number of amides is 2. The van der Waals surface area contributed by atoms with Crippen LogP contribution in [0.15, 0.2) is 28.7 Å². The third-order valence-electron chi connectivity index (χ3n) is 2.39. The number of halogens is 1. The summed E-state index contributed by atoms with van der Waals surface area (Å²) in [6.45, 7) is 2.34. The van der Waals surface area contributed by atoms with E-state index < -0.39 is 0 Å². The molecule has 1 aromatic carbocycles. The molecule has 2 amide bonds. The van der Waals surface area contributed by atoms with Gasteiger partial charge >= 0.3 is 6.03 Å². The smallest absolute Gasteiger partial charge is 0.315 e. The van der Waals surface area contributed by atoms with Gasteiger partial charge in [-0.3, -0.25) is 0 Å². The van der Waals surface area contributed by atoms with E-state index in [1.165, 1.54) is 0 Å². The fraction of sp³-hybridized carbons (Fsp3) is 0.417. The number of aliphatic hydroxyl groups is 1. The van der Waals surface area contributed by atoms with Crippen LogP contribution < -0.4 is 10.6 Å². The third kappa shape index (κ3) is 5.19. The molecule has 0 heterocycles. The molecule has 0 aliphatic rings. The Labute approximate surface area is 110 Å². The highest BCUT2D eigenvalue weighted by molar-refractivity contribution is 9.10. The molecule has 17 heavy (non-hydrogen) atoms. The normalized spacial score (nSPS) is 11.9. The van der Waals surface area contributed by atoms with Gasteiger partial charge in [0, 0.05) is 11.0 Å². The van der Waals surface area contributed by atoms with Crippen LogP contribution in [0.4, 0.5) is 4.79 Å². The monoisotopic (exact) mass is 300 g/mol. The summed E-state index contributed by atoms with van der Waals surface area (Å²) in [6.07, 6.45) is 0.709. The molecule has 0 aliphatic carbocycles. The van der Waals surface area contributed by atoms with Gasteiger partial charge in [0.2, 0.25) is 0 Å². The van der Waals surface area contributed by atoms with Crippen molar-refractivity contribution in [2.45, 2.75) is 25.9 Å². The Morgan fingerprint density at radius 3 is 2.88 bits per heavy atom. The van der Waals surface area contributed by atoms with E-state index in [0.717, 1.165) is 10.0 Å². The lowest BCUT2D eigenvalue weighted by Gasteiger charge is -2.14. The zero-order valence-electron chi connectivity index (χ0n) is 9.74. The standard InChI is InChI=1S/C12H17BrN2O2/c1-2-11(8-16)15-12(17)14-7-9-4-3-5-10(13)6-9/h3-6,11,16H,2,7-8H2,1H3,(H2,14,15,17). The molecule has 0 aliphatic heterocycles. The number of urea groups is 1. The van der Waals surface area contributed by atoms with Gasteiger partial charge in [-0.1, -0.05) is 35.0 Å². The molecule has 1 rings (SSSR count). The summed E-state index contributed by atoms with van der Waals surface area (Å²) < 4.78 is 0.985. The Morgan fingerprint density at radius 1 is 1.53 bits per heavy atom. The fourth-order valence-electron chi connectivity index (χ4n) is 1.34. The summed E-state index contributed by atoms with van der Waals surface area (Å²) in [5, 5.41) is 14.4. The molecular weight excluding hydrogens is 284 g/mol. The first-order valence-electron chi connectivity index (χ1n) is 5.55. The molecule has 94 valence electrons. The number of carbonyl (C=O) groups is 1. The number of rotatable bonds is 5. The lowest BCUT2D eigenvalue weighted by Crippen LogP contribution is -2.43. The lowest BCUT2D eigenvalue weighted by molar-refractivity contribution is 0.214. The van der Waals surface area contributed by atoms with Crippen molar-refractivity contribution in [2.75, 3.05) is 6.61 Å². The molecule has 0 saturated carbocycles. The summed E-state index contributed by atoms with van der Waals surface area (Å²) in [4.78, 5) is 11.5. The summed E-state index contributed by atoms with van der Waals surface area (Å²) in [7, 11) is 0. The Morgan fingerprint density at radius 2 is 2.29 bits per heavy atom. The molecule has 0 spiro atoms. The number of benzene rings is 1. The van der Waals surface area contributed by atoms with E-state index in [1.54, 1.807) is 0 Å². The van der Waals surface area contributed by atoms with Gasteiger partial charge in [-0.2, -0.15) is 0 Å². The largest absolute Gasteiger partial charge is 0.394 e. The average Bonchev–Trinajstić information content (AvgIpc) is 2.33. The predicted octanol–water partition coefficient (Wildman–Crippen LogP) is 2.02. The van der Waals surface area contributed by atoms with Crippen molar-refractivity contribution < 1.29 is 9.90 Å². The quantitative estimate of drug-likeness (QED) is 0.779. The van der Waals surface area contributed by atoms with Crippen molar-refractivity contribution in [3.05, 3.63) is 34.3 Å². The van der Waals surface area contributed by atoms with E-state index in [1.807, 2.05) is 31.2 Å². The van der Waals surface area contributed by atoms with E-state index in [2.05, 4.69) is 26.6 Å². The van der Waals surface area contributed by atoms with E-state index in [9.17, 15) is 4.79 Å². The molecule has 0 bridgehead atoms. The van der Waals surface area contributed by atoms with E-state index in [4.69, 9.17) is 5.11 Å². The molecule has 3 N–H and O–H groups in total. The topological polar surface area (TPSA) is 61.4 Å². The molecule has 0 radical (unpaired) electrons. The van der Waals surface area contributed by atoms with Crippen molar-refractivity contribution in [2.24, 2.45) is 0 Å². The van der Waals surface area contributed by atoms with Crippen LogP contribution in [0.25, 0.3) is 0 Å². The van der Waals surface area contributed by atoms with Crippen LogP contribution >= 0.6 is 15.9 Å². The highest BCUT2D eigenvalue weighted by atomic mass is 79.9. The molecule has 1 atom stereocenters. The number of aliphatic hydroxyl groups excluding tert-OH is 1. The second kappa shape index (κ2) is 7.29. The minimum absolute atomic E-state index is 0.0409. The molecule has 0 saturated heterocycles. The highest BCUT2D eigenvalue weighted by Crippen LogP contribution is 2.11. The number of carbonyl (C=O) groups excluding carboxylic acids is 1. The van der Waals surface area contributed by atoms with Gasteiger partial charge in [-0.05, 0) is 24.1 Å². The van der Waals surface area contributed by atoms with Gasteiger partial charge in [0.15, 0.2) is 0 Å². The van der Waals surface area contributed by atoms with Crippen LogP contribution in [0.2, 0.25) is 0 Å². The summed E-state index contributed by atoms with van der Waals surface area (Å²) >= 11 is 3.37. The maximum Gasteiger partial charge on any atom is 0.315 e. The van der Waals surface area contributed by atoms with Crippen molar-refractivity contribution in [3.8, 4) is 0 Å². The third-order valence-corrected chi connectivity index (χ3v) is 2.88. The average molecular weight is 301 g/mol. The highest BCUT2D eigenvalue weighted by Gasteiger charge is 2.08. The first kappa shape index (κ1) is 14.0. The number of hydrogen-bond acceptors (Lipinski definition) is 2. The minimum Gasteiger partial charge on any atom is -0.394 e. The van der Waals surface area contributed by atoms with E-state index in [-0.39, 0.29) is 18.7 Å². The maximum absolute atomic E-state index is 11.5. The first-order valence-corrected chi connectivity index (χ1v) is 6.34. The second-order valence-electron chi connectivity index (χ2n) is 3.74. The molecule has 1 unspecified atom stereocenters. The molecule has 5 heteroatoms. The van der Waals surface area contributed by atoms with Crippen LogP contribution in [0, 0.1) is 0 Å². The lowest BCUT2D eigenvalue weighted by atomic mass is 10.2. The maximum atomic E-state index is 11.5. The Kier molecular flexibility index (Phi) is 6.00.